The average Bonchev–Trinajstić information content (AvgIpc) is 1.82. The van der Waals surface area contributed by atoms with Crippen LogP contribution in [0, 0.1) is 0 Å². The maximum absolute atomic E-state index is 10.7. The van der Waals surface area contributed by atoms with Gasteiger partial charge in [0.15, 0.2) is 0 Å². The molecule has 0 heterocycles. The van der Waals surface area contributed by atoms with Crippen LogP contribution in [0.4, 0.5) is 0 Å². The van der Waals surface area contributed by atoms with Crippen LogP contribution in [-0.2, 0) is 14.4 Å². The van der Waals surface area contributed by atoms with Gasteiger partial charge in [-0.2, -0.15) is 0 Å². The first-order valence-electron chi connectivity index (χ1n) is 3.46. The van der Waals surface area contributed by atoms with E-state index in [1.54, 1.807) is 13.8 Å². The van der Waals surface area contributed by atoms with E-state index in [1.807, 2.05) is 0 Å². The number of hydrogen-bond donors (Lipinski definition) is 1. The minimum atomic E-state index is -0.397. The van der Waals surface area contributed by atoms with Crippen LogP contribution in [-0.4, -0.2) is 17.8 Å². The fourth-order valence-electron chi connectivity index (χ4n) is 0.446. The van der Waals surface area contributed by atoms with Gasteiger partial charge in [0.25, 0.3) is 5.91 Å². The maximum atomic E-state index is 10.7. The molecule has 0 unspecified atom stereocenters. The number of hydrogen-bond acceptors (Lipinski definition) is 3. The summed E-state index contributed by atoms with van der Waals surface area (Å²) in [6.45, 7) is 4.93. The van der Waals surface area contributed by atoms with Gasteiger partial charge in [-0.1, -0.05) is 0 Å². The third-order valence-corrected chi connectivity index (χ3v) is 0.818. The van der Waals surface area contributed by atoms with Crippen molar-refractivity contribution >= 4 is 11.7 Å². The minimum Gasteiger partial charge on any atom is -0.299 e. The zero-order chi connectivity index (χ0) is 8.85. The molecule has 0 saturated carbocycles. The van der Waals surface area contributed by atoms with Gasteiger partial charge in [-0.15, -0.1) is 0 Å². The lowest BCUT2D eigenvalue weighted by molar-refractivity contribution is -0.139. The third kappa shape index (κ3) is 6.99. The van der Waals surface area contributed by atoms with Crippen molar-refractivity contribution in [3.63, 3.8) is 0 Å². The van der Waals surface area contributed by atoms with E-state index in [9.17, 15) is 9.59 Å². The van der Waals surface area contributed by atoms with Gasteiger partial charge in [-0.05, 0) is 20.8 Å². The molecule has 0 saturated heterocycles. The monoisotopic (exact) mass is 159 g/mol. The highest BCUT2D eigenvalue weighted by molar-refractivity contribution is 5.96. The topological polar surface area (TPSA) is 55.4 Å². The molecule has 0 aromatic heterocycles. The lowest BCUT2D eigenvalue weighted by atomic mass is 10.3. The molecule has 0 radical (unpaired) electrons. The van der Waals surface area contributed by atoms with Crippen LogP contribution >= 0.6 is 0 Å². The van der Waals surface area contributed by atoms with Crippen molar-refractivity contribution in [2.45, 2.75) is 33.3 Å². The van der Waals surface area contributed by atoms with E-state index in [1.165, 1.54) is 6.92 Å². The number of ketones is 1. The summed E-state index contributed by atoms with van der Waals surface area (Å²) in [6, 6.07) is 0. The van der Waals surface area contributed by atoms with Crippen molar-refractivity contribution in [3.05, 3.63) is 0 Å². The second-order valence-electron chi connectivity index (χ2n) is 2.57. The van der Waals surface area contributed by atoms with Gasteiger partial charge in [0.05, 0.1) is 12.5 Å². The second kappa shape index (κ2) is 4.85. The van der Waals surface area contributed by atoms with Crippen LogP contribution in [0.2, 0.25) is 0 Å². The van der Waals surface area contributed by atoms with Gasteiger partial charge >= 0.3 is 0 Å². The number of carbonyl (C=O) groups is 2. The molecule has 0 bridgehead atoms. The number of carbonyl (C=O) groups excluding carboxylic acids is 2. The molecule has 0 fully saturated rings. The van der Waals surface area contributed by atoms with Crippen LogP contribution in [0.15, 0.2) is 0 Å². The van der Waals surface area contributed by atoms with Gasteiger partial charge in [0, 0.05) is 0 Å². The van der Waals surface area contributed by atoms with Gasteiger partial charge in [0.2, 0.25) is 0 Å². The molecule has 0 spiro atoms. The number of nitrogens with one attached hydrogen (secondary N) is 1. The van der Waals surface area contributed by atoms with E-state index in [0.29, 0.717) is 0 Å². The Labute approximate surface area is 65.9 Å². The average molecular weight is 159 g/mol. The summed E-state index contributed by atoms with van der Waals surface area (Å²) in [5.41, 5.74) is 2.15. The van der Waals surface area contributed by atoms with E-state index in [4.69, 9.17) is 4.84 Å². The number of Topliss-reactive ketones (excluding diaryl/α,β-unsaturated/α-hetero) is 1. The molecule has 0 aromatic carbocycles. The smallest absolute Gasteiger partial charge is 0.250 e. The summed E-state index contributed by atoms with van der Waals surface area (Å²) in [4.78, 5) is 25.8. The van der Waals surface area contributed by atoms with Crippen LogP contribution in [0.5, 0.6) is 0 Å². The highest BCUT2D eigenvalue weighted by Crippen LogP contribution is 1.85. The van der Waals surface area contributed by atoms with Gasteiger partial charge in [-0.3, -0.25) is 14.4 Å². The highest BCUT2D eigenvalue weighted by atomic mass is 16.7. The summed E-state index contributed by atoms with van der Waals surface area (Å²) in [6.07, 6.45) is -0.182. The fraction of sp³-hybridized carbons (Fsp3) is 0.714. The van der Waals surface area contributed by atoms with Gasteiger partial charge in [-0.25, -0.2) is 5.48 Å². The molecule has 0 aliphatic carbocycles. The molecular formula is C7H13NO3. The Kier molecular flexibility index (Phi) is 4.45. The number of amides is 1. The molecule has 0 rings (SSSR count). The molecule has 0 aliphatic rings. The first-order chi connectivity index (χ1) is 5.02. The molecular weight excluding hydrogens is 146 g/mol. The summed E-state index contributed by atoms with van der Waals surface area (Å²) in [5, 5.41) is 0. The van der Waals surface area contributed by atoms with Crippen LogP contribution in [0.25, 0.3) is 0 Å². The molecule has 11 heavy (non-hydrogen) atoms. The maximum Gasteiger partial charge on any atom is 0.250 e. The number of rotatable bonds is 4. The van der Waals surface area contributed by atoms with Crippen molar-refractivity contribution in [2.75, 3.05) is 0 Å². The third-order valence-electron chi connectivity index (χ3n) is 0.818. The minimum absolute atomic E-state index is 0.0640. The zero-order valence-electron chi connectivity index (χ0n) is 7.01. The molecule has 64 valence electrons. The lowest BCUT2D eigenvalue weighted by Gasteiger charge is -2.06. The van der Waals surface area contributed by atoms with Crippen LogP contribution in [0.1, 0.15) is 27.2 Å². The Bertz CT molecular complexity index is 154. The SMILES string of the molecule is CC(=O)CC(=O)NOC(C)C. The van der Waals surface area contributed by atoms with Gasteiger partial charge in [0.1, 0.15) is 5.78 Å². The van der Waals surface area contributed by atoms with E-state index in [2.05, 4.69) is 5.48 Å². The van der Waals surface area contributed by atoms with Crippen molar-refractivity contribution in [1.82, 2.24) is 5.48 Å². The van der Waals surface area contributed by atoms with E-state index < -0.39 is 5.91 Å². The summed E-state index contributed by atoms with van der Waals surface area (Å²) in [5.74, 6) is -0.568. The van der Waals surface area contributed by atoms with Crippen molar-refractivity contribution in [2.24, 2.45) is 0 Å². The first kappa shape index (κ1) is 10.1. The normalized spacial score (nSPS) is 9.82. The Morgan fingerprint density at radius 1 is 1.45 bits per heavy atom. The zero-order valence-corrected chi connectivity index (χ0v) is 7.01. The molecule has 0 atom stereocenters. The molecule has 1 N–H and O–H groups in total. The molecule has 0 aromatic rings. The standard InChI is InChI=1S/C7H13NO3/c1-5(2)11-8-7(10)4-6(3)9/h5H,4H2,1-3H3,(H,8,10). The Morgan fingerprint density at radius 3 is 2.36 bits per heavy atom. The molecule has 1 amide bonds. The predicted molar refractivity (Wildman–Crippen MR) is 39.7 cm³/mol. The second-order valence-corrected chi connectivity index (χ2v) is 2.57. The largest absolute Gasteiger partial charge is 0.299 e. The quantitative estimate of drug-likeness (QED) is 0.478. The molecule has 4 nitrogen and oxygen atoms in total. The Morgan fingerprint density at radius 2 is 2.00 bits per heavy atom. The Hall–Kier alpha value is -0.900. The molecule has 0 aliphatic heterocycles. The van der Waals surface area contributed by atoms with Crippen molar-refractivity contribution in [3.8, 4) is 0 Å². The van der Waals surface area contributed by atoms with Crippen molar-refractivity contribution in [1.29, 1.82) is 0 Å². The highest BCUT2D eigenvalue weighted by Gasteiger charge is 2.04. The van der Waals surface area contributed by atoms with Crippen LogP contribution < -0.4 is 5.48 Å². The fourth-order valence-corrected chi connectivity index (χ4v) is 0.446. The van der Waals surface area contributed by atoms with Crippen molar-refractivity contribution < 1.29 is 14.4 Å². The first-order valence-corrected chi connectivity index (χ1v) is 3.46. The number of hydroxylamine groups is 1. The van der Waals surface area contributed by atoms with E-state index in [0.717, 1.165) is 0 Å². The molecule has 4 heteroatoms. The predicted octanol–water partition coefficient (Wildman–Crippen LogP) is 0.422. The van der Waals surface area contributed by atoms with E-state index in [-0.39, 0.29) is 18.3 Å². The van der Waals surface area contributed by atoms with Gasteiger partial charge < -0.3 is 0 Å². The Balaban J connectivity index is 3.46. The summed E-state index contributed by atoms with van der Waals surface area (Å²) in [7, 11) is 0. The van der Waals surface area contributed by atoms with Crippen LogP contribution in [0.3, 0.4) is 0 Å². The summed E-state index contributed by atoms with van der Waals surface area (Å²) >= 11 is 0. The lowest BCUT2D eigenvalue weighted by Crippen LogP contribution is -2.28. The summed E-state index contributed by atoms with van der Waals surface area (Å²) < 4.78 is 0. The van der Waals surface area contributed by atoms with E-state index >= 15 is 0 Å².